The first-order valence-electron chi connectivity index (χ1n) is 15.9. The Morgan fingerprint density at radius 3 is 1.96 bits per heavy atom. The molecule has 16 heteroatoms. The topological polar surface area (TPSA) is 213 Å². The van der Waals surface area contributed by atoms with Crippen LogP contribution in [-0.4, -0.2) is 101 Å². The molecule has 0 aliphatic heterocycles. The number of likely N-dealkylation sites (N-methyl/N-ethyl adjacent to an activating group) is 1. The van der Waals surface area contributed by atoms with Gasteiger partial charge in [0.15, 0.2) is 5.00 Å². The number of aromatic carboxylic acids is 2. The van der Waals surface area contributed by atoms with Crippen LogP contribution in [0.5, 0.6) is 0 Å². The van der Waals surface area contributed by atoms with Crippen molar-refractivity contribution in [3.8, 4) is 12.1 Å². The molecule has 2 aromatic carbocycles. The molecule has 0 bridgehead atoms. The zero-order valence-electron chi connectivity index (χ0n) is 28.5. The fourth-order valence-electron chi connectivity index (χ4n) is 4.56. The molecule has 0 atom stereocenters. The highest BCUT2D eigenvalue weighted by Crippen LogP contribution is 2.36. The van der Waals surface area contributed by atoms with Gasteiger partial charge in [0.25, 0.3) is 0 Å². The molecule has 51 heavy (non-hydrogen) atoms. The van der Waals surface area contributed by atoms with Gasteiger partial charge in [0.05, 0.1) is 80.8 Å². The number of ether oxygens (including phenoxy) is 5. The Bertz CT molecular complexity index is 1780. The average Bonchev–Trinajstić information content (AvgIpc) is 3.44. The van der Waals surface area contributed by atoms with Crippen LogP contribution in [-0.2, 0) is 23.7 Å². The van der Waals surface area contributed by atoms with Crippen molar-refractivity contribution in [3.63, 3.8) is 0 Å². The minimum absolute atomic E-state index is 0.0443. The van der Waals surface area contributed by atoms with Crippen LogP contribution in [0.4, 0.5) is 16.4 Å². The number of nitriles is 2. The molecule has 0 amide bonds. The van der Waals surface area contributed by atoms with Gasteiger partial charge < -0.3 is 38.8 Å². The fourth-order valence-corrected chi connectivity index (χ4v) is 5.44. The van der Waals surface area contributed by atoms with Crippen molar-refractivity contribution in [1.82, 2.24) is 0 Å². The predicted octanol–water partition coefficient (Wildman–Crippen LogP) is 5.67. The normalized spacial score (nSPS) is 10.9. The summed E-state index contributed by atoms with van der Waals surface area (Å²) < 4.78 is 27.1. The fraction of sp³-hybridized carbons (Fsp3) is 0.400. The van der Waals surface area contributed by atoms with Crippen LogP contribution in [0.2, 0.25) is 0 Å². The molecule has 0 saturated heterocycles. The van der Waals surface area contributed by atoms with Gasteiger partial charge in [-0.2, -0.15) is 10.5 Å². The van der Waals surface area contributed by atoms with Gasteiger partial charge in [-0.1, -0.05) is 0 Å². The van der Waals surface area contributed by atoms with Crippen molar-refractivity contribution in [2.24, 2.45) is 10.2 Å². The molecular weight excluding hydrogens is 682 g/mol. The number of azo groups is 1. The third kappa shape index (κ3) is 12.2. The maximum Gasteiger partial charge on any atom is 0.339 e. The van der Waals surface area contributed by atoms with E-state index in [1.54, 1.807) is 6.92 Å². The standard InChI is InChI=1S/C35H39N5O10S/c1-4-40(26-6-8-30(23(2)19-26)38-39-32-29(21-36)24(3)31(22-37)51-32)9-10-46-11-12-47-13-14-48-15-16-49-17-18-50-35(45)28-20-25(33(41)42)5-7-27(28)34(43)44/h5-8,19-20H,4,9-18H2,1-3H3,(H,41,42)(H,43,44). The summed E-state index contributed by atoms with van der Waals surface area (Å²) in [6, 6.07) is 13.2. The van der Waals surface area contributed by atoms with E-state index in [9.17, 15) is 30.0 Å². The van der Waals surface area contributed by atoms with E-state index in [2.05, 4.69) is 34.2 Å². The molecule has 3 rings (SSSR count). The van der Waals surface area contributed by atoms with E-state index in [0.29, 0.717) is 66.3 Å². The maximum atomic E-state index is 12.3. The van der Waals surface area contributed by atoms with E-state index in [4.69, 9.17) is 28.8 Å². The molecule has 1 aromatic heterocycles. The van der Waals surface area contributed by atoms with Crippen LogP contribution in [0, 0.1) is 36.5 Å². The summed E-state index contributed by atoms with van der Waals surface area (Å²) in [5, 5.41) is 46.0. The number of nitrogens with zero attached hydrogens (tertiary/aromatic N) is 5. The Morgan fingerprint density at radius 2 is 1.41 bits per heavy atom. The first-order chi connectivity index (χ1) is 24.6. The number of carboxylic acids is 2. The Hall–Kier alpha value is -5.23. The molecule has 0 saturated carbocycles. The van der Waals surface area contributed by atoms with Gasteiger partial charge in [0.1, 0.15) is 23.6 Å². The monoisotopic (exact) mass is 721 g/mol. The second-order valence-electron chi connectivity index (χ2n) is 10.7. The Morgan fingerprint density at radius 1 is 0.784 bits per heavy atom. The highest BCUT2D eigenvalue weighted by atomic mass is 32.1. The Balaban J connectivity index is 1.24. The number of rotatable bonds is 22. The van der Waals surface area contributed by atoms with Gasteiger partial charge >= 0.3 is 17.9 Å². The van der Waals surface area contributed by atoms with E-state index in [-0.39, 0.29) is 43.1 Å². The molecule has 0 aliphatic rings. The van der Waals surface area contributed by atoms with Crippen molar-refractivity contribution in [2.45, 2.75) is 20.8 Å². The number of carbonyl (C=O) groups excluding carboxylic acids is 1. The van der Waals surface area contributed by atoms with Gasteiger partial charge in [-0.05, 0) is 68.3 Å². The Kier molecular flexibility index (Phi) is 16.6. The van der Waals surface area contributed by atoms with Gasteiger partial charge in [-0.25, -0.2) is 14.4 Å². The smallest absolute Gasteiger partial charge is 0.339 e. The first kappa shape index (κ1) is 40.2. The van der Waals surface area contributed by atoms with E-state index in [1.165, 1.54) is 0 Å². The molecule has 0 aliphatic carbocycles. The highest BCUT2D eigenvalue weighted by molar-refractivity contribution is 7.16. The average molecular weight is 722 g/mol. The first-order valence-corrected chi connectivity index (χ1v) is 16.7. The molecule has 270 valence electrons. The Labute approximate surface area is 299 Å². The summed E-state index contributed by atoms with van der Waals surface area (Å²) in [5.41, 5.74) is 2.68. The molecule has 0 radical (unpaired) electrons. The minimum Gasteiger partial charge on any atom is -0.478 e. The molecule has 0 unspecified atom stereocenters. The van der Waals surface area contributed by atoms with Crippen molar-refractivity contribution in [3.05, 3.63) is 74.7 Å². The second-order valence-corrected chi connectivity index (χ2v) is 11.7. The molecule has 2 N–H and O–H groups in total. The van der Waals surface area contributed by atoms with Gasteiger partial charge in [0, 0.05) is 18.8 Å². The highest BCUT2D eigenvalue weighted by Gasteiger charge is 2.20. The molecule has 3 aromatic rings. The van der Waals surface area contributed by atoms with Crippen molar-refractivity contribution < 1.29 is 48.3 Å². The number of esters is 1. The van der Waals surface area contributed by atoms with Gasteiger partial charge in [-0.15, -0.1) is 21.6 Å². The lowest BCUT2D eigenvalue weighted by atomic mass is 10.0. The summed E-state index contributed by atoms with van der Waals surface area (Å²) >= 11 is 1.15. The molecule has 0 spiro atoms. The lowest BCUT2D eigenvalue weighted by molar-refractivity contribution is -0.00848. The van der Waals surface area contributed by atoms with E-state index < -0.39 is 17.9 Å². The molecule has 15 nitrogen and oxygen atoms in total. The lowest BCUT2D eigenvalue weighted by Crippen LogP contribution is -2.27. The summed E-state index contributed by atoms with van der Waals surface area (Å²) in [7, 11) is 0. The third-order valence-corrected chi connectivity index (χ3v) is 8.40. The number of aryl methyl sites for hydroxylation is 1. The number of carbonyl (C=O) groups is 3. The van der Waals surface area contributed by atoms with Crippen molar-refractivity contribution in [1.29, 1.82) is 10.5 Å². The zero-order valence-corrected chi connectivity index (χ0v) is 29.4. The molecule has 1 heterocycles. The van der Waals surface area contributed by atoms with Crippen LogP contribution < -0.4 is 4.90 Å². The number of anilines is 1. The lowest BCUT2D eigenvalue weighted by Gasteiger charge is -2.23. The minimum atomic E-state index is -1.38. The number of thiophene rings is 1. The van der Waals surface area contributed by atoms with Gasteiger partial charge in [0.2, 0.25) is 0 Å². The van der Waals surface area contributed by atoms with Crippen LogP contribution in [0.3, 0.4) is 0 Å². The van der Waals surface area contributed by atoms with Crippen molar-refractivity contribution in [2.75, 3.05) is 77.5 Å². The van der Waals surface area contributed by atoms with E-state index >= 15 is 0 Å². The summed E-state index contributed by atoms with van der Waals surface area (Å²) in [4.78, 5) is 37.4. The predicted molar refractivity (Wildman–Crippen MR) is 186 cm³/mol. The second kappa shape index (κ2) is 21.1. The van der Waals surface area contributed by atoms with E-state index in [1.807, 2.05) is 25.1 Å². The van der Waals surface area contributed by atoms with Gasteiger partial charge in [-0.3, -0.25) is 0 Å². The van der Waals surface area contributed by atoms with Crippen LogP contribution in [0.15, 0.2) is 46.6 Å². The summed E-state index contributed by atoms with van der Waals surface area (Å²) in [6.45, 7) is 9.65. The van der Waals surface area contributed by atoms with E-state index in [0.717, 1.165) is 47.3 Å². The maximum absolute atomic E-state index is 12.3. The SMILES string of the molecule is CCN(CCOCCOCCOCCOCCOC(=O)c1cc(C(=O)O)ccc1C(=O)O)c1ccc(N=Nc2sc(C#N)c(C)c2C#N)c(C)c1. The summed E-state index contributed by atoms with van der Waals surface area (Å²) in [6.07, 6.45) is 0. The third-order valence-electron chi connectivity index (χ3n) is 7.32. The van der Waals surface area contributed by atoms with Crippen LogP contribution in [0.1, 0.15) is 59.6 Å². The number of hydrogen-bond donors (Lipinski definition) is 2. The van der Waals surface area contributed by atoms with Crippen LogP contribution in [0.25, 0.3) is 0 Å². The molecular formula is C35H39N5O10S. The van der Waals surface area contributed by atoms with Crippen molar-refractivity contribution >= 4 is 45.6 Å². The number of benzene rings is 2. The number of hydrogen-bond acceptors (Lipinski definition) is 14. The zero-order chi connectivity index (χ0) is 37.2. The quantitative estimate of drug-likeness (QED) is 0.0728. The number of carboxylic acid groups (broad SMARTS) is 2. The summed E-state index contributed by atoms with van der Waals surface area (Å²) in [5.74, 6) is -3.63. The molecule has 0 fully saturated rings. The van der Waals surface area contributed by atoms with Crippen LogP contribution >= 0.6 is 11.3 Å². The largest absolute Gasteiger partial charge is 0.478 e.